The van der Waals surface area contributed by atoms with Gasteiger partial charge in [0.15, 0.2) is 0 Å². The van der Waals surface area contributed by atoms with E-state index in [2.05, 4.69) is 36.9 Å². The van der Waals surface area contributed by atoms with Gasteiger partial charge in [-0.15, -0.1) is 0 Å². The van der Waals surface area contributed by atoms with E-state index in [4.69, 9.17) is 0 Å². The van der Waals surface area contributed by atoms with Crippen LogP contribution in [0.1, 0.15) is 5.69 Å². The molecule has 15 heavy (non-hydrogen) atoms. The molecule has 0 radical (unpaired) electrons. The molecule has 2 aromatic rings. The first-order chi connectivity index (χ1) is 7.27. The second-order valence-electron chi connectivity index (χ2n) is 3.31. The molecule has 4 heteroatoms. The minimum absolute atomic E-state index is 0.799. The molecule has 2 rings (SSSR count). The van der Waals surface area contributed by atoms with E-state index >= 15 is 0 Å². The average molecular weight is 266 g/mol. The zero-order chi connectivity index (χ0) is 10.7. The molecule has 0 bridgehead atoms. The maximum absolute atomic E-state index is 4.15. The van der Waals surface area contributed by atoms with Gasteiger partial charge in [0.1, 0.15) is 4.60 Å². The van der Waals surface area contributed by atoms with E-state index in [0.29, 0.717) is 0 Å². The Kier molecular flexibility index (Phi) is 3.06. The van der Waals surface area contributed by atoms with E-state index in [1.807, 2.05) is 31.4 Å². The second kappa shape index (κ2) is 4.49. The van der Waals surface area contributed by atoms with Crippen LogP contribution < -0.4 is 5.32 Å². The summed E-state index contributed by atoms with van der Waals surface area (Å²) in [5, 5.41) is 3.33. The molecule has 0 spiro atoms. The zero-order valence-electron chi connectivity index (χ0n) is 8.44. The highest BCUT2D eigenvalue weighted by Gasteiger charge is 2.00. The Morgan fingerprint density at radius 2 is 2.27 bits per heavy atom. The van der Waals surface area contributed by atoms with Crippen LogP contribution in [-0.4, -0.2) is 9.55 Å². The van der Waals surface area contributed by atoms with Gasteiger partial charge in [-0.1, -0.05) is 0 Å². The standard InChI is InChI=1S/C11H12BrN3/c1-15-7-3-4-9(15)8-14-10-5-2-6-13-11(10)12/h2-7,14H,8H2,1H3. The number of hydrogen-bond acceptors (Lipinski definition) is 2. The summed E-state index contributed by atoms with van der Waals surface area (Å²) in [5.74, 6) is 0. The van der Waals surface area contributed by atoms with Gasteiger partial charge >= 0.3 is 0 Å². The molecule has 3 nitrogen and oxygen atoms in total. The molecule has 0 amide bonds. The smallest absolute Gasteiger partial charge is 0.129 e. The molecule has 78 valence electrons. The average Bonchev–Trinajstić information content (AvgIpc) is 2.63. The lowest BCUT2D eigenvalue weighted by molar-refractivity contribution is 0.842. The van der Waals surface area contributed by atoms with E-state index in [-0.39, 0.29) is 0 Å². The highest BCUT2D eigenvalue weighted by Crippen LogP contribution is 2.18. The lowest BCUT2D eigenvalue weighted by Crippen LogP contribution is -2.04. The third kappa shape index (κ3) is 2.39. The van der Waals surface area contributed by atoms with E-state index in [9.17, 15) is 0 Å². The van der Waals surface area contributed by atoms with Crippen molar-refractivity contribution in [1.29, 1.82) is 0 Å². The van der Waals surface area contributed by atoms with Crippen molar-refractivity contribution in [2.24, 2.45) is 7.05 Å². The van der Waals surface area contributed by atoms with Gasteiger partial charge in [0.05, 0.1) is 12.2 Å². The minimum Gasteiger partial charge on any atom is -0.377 e. The number of aryl methyl sites for hydroxylation is 1. The van der Waals surface area contributed by atoms with Crippen LogP contribution in [0.4, 0.5) is 5.69 Å². The molecule has 0 saturated carbocycles. The largest absolute Gasteiger partial charge is 0.377 e. The Labute approximate surface area is 97.3 Å². The van der Waals surface area contributed by atoms with Crippen LogP contribution in [-0.2, 0) is 13.6 Å². The molecule has 0 fully saturated rings. The molecule has 0 saturated heterocycles. The molecule has 2 heterocycles. The van der Waals surface area contributed by atoms with E-state index in [1.54, 1.807) is 6.20 Å². The first-order valence-electron chi connectivity index (χ1n) is 4.72. The van der Waals surface area contributed by atoms with Crippen LogP contribution in [0, 0.1) is 0 Å². The van der Waals surface area contributed by atoms with Gasteiger partial charge in [-0.3, -0.25) is 0 Å². The molecule has 0 aliphatic rings. The summed E-state index contributed by atoms with van der Waals surface area (Å²) in [6, 6.07) is 8.05. The normalized spacial score (nSPS) is 10.3. The molecule has 0 aromatic carbocycles. The van der Waals surface area contributed by atoms with Gasteiger partial charge < -0.3 is 9.88 Å². The molecular formula is C11H12BrN3. The summed E-state index contributed by atoms with van der Waals surface area (Å²) in [6.45, 7) is 0.799. The van der Waals surface area contributed by atoms with Crippen molar-refractivity contribution in [2.75, 3.05) is 5.32 Å². The fourth-order valence-electron chi connectivity index (χ4n) is 1.38. The first kappa shape index (κ1) is 10.2. The van der Waals surface area contributed by atoms with Crippen LogP contribution in [0.2, 0.25) is 0 Å². The number of halogens is 1. The van der Waals surface area contributed by atoms with Gasteiger partial charge in [0, 0.05) is 25.1 Å². The molecule has 1 N–H and O–H groups in total. The third-order valence-electron chi connectivity index (χ3n) is 2.27. The minimum atomic E-state index is 0.799. The number of hydrogen-bond donors (Lipinski definition) is 1. The van der Waals surface area contributed by atoms with Crippen molar-refractivity contribution in [3.63, 3.8) is 0 Å². The van der Waals surface area contributed by atoms with Gasteiger partial charge in [0.2, 0.25) is 0 Å². The molecule has 0 aliphatic carbocycles. The van der Waals surface area contributed by atoms with E-state index in [0.717, 1.165) is 16.8 Å². The highest BCUT2D eigenvalue weighted by molar-refractivity contribution is 9.10. The highest BCUT2D eigenvalue weighted by atomic mass is 79.9. The first-order valence-corrected chi connectivity index (χ1v) is 5.51. The van der Waals surface area contributed by atoms with Crippen molar-refractivity contribution in [1.82, 2.24) is 9.55 Å². The van der Waals surface area contributed by atoms with Gasteiger partial charge in [0.25, 0.3) is 0 Å². The molecule has 2 aromatic heterocycles. The number of nitrogens with one attached hydrogen (secondary N) is 1. The topological polar surface area (TPSA) is 29.9 Å². The zero-order valence-corrected chi connectivity index (χ0v) is 10.0. The lowest BCUT2D eigenvalue weighted by atomic mass is 10.4. The van der Waals surface area contributed by atoms with Crippen molar-refractivity contribution < 1.29 is 0 Å². The van der Waals surface area contributed by atoms with Gasteiger partial charge in [-0.05, 0) is 40.2 Å². The summed E-state index contributed by atoms with van der Waals surface area (Å²) in [4.78, 5) is 4.15. The predicted molar refractivity (Wildman–Crippen MR) is 64.7 cm³/mol. The van der Waals surface area contributed by atoms with Crippen molar-refractivity contribution in [2.45, 2.75) is 6.54 Å². The van der Waals surface area contributed by atoms with Crippen LogP contribution in [0.25, 0.3) is 0 Å². The van der Waals surface area contributed by atoms with Gasteiger partial charge in [-0.25, -0.2) is 4.98 Å². The van der Waals surface area contributed by atoms with Crippen LogP contribution in [0.3, 0.4) is 0 Å². The number of aromatic nitrogens is 2. The summed E-state index contributed by atoms with van der Waals surface area (Å²) in [7, 11) is 2.04. The summed E-state index contributed by atoms with van der Waals surface area (Å²) in [6.07, 6.45) is 3.80. The fourth-order valence-corrected chi connectivity index (χ4v) is 1.77. The van der Waals surface area contributed by atoms with Crippen molar-refractivity contribution >= 4 is 21.6 Å². The number of rotatable bonds is 3. The Bertz CT molecular complexity index is 451. The van der Waals surface area contributed by atoms with E-state index < -0.39 is 0 Å². The Morgan fingerprint density at radius 1 is 1.40 bits per heavy atom. The number of pyridine rings is 1. The Morgan fingerprint density at radius 3 is 2.93 bits per heavy atom. The molecule has 0 unspecified atom stereocenters. The summed E-state index contributed by atoms with van der Waals surface area (Å²) >= 11 is 3.40. The van der Waals surface area contributed by atoms with Crippen molar-refractivity contribution in [3.05, 3.63) is 47.0 Å². The van der Waals surface area contributed by atoms with E-state index in [1.165, 1.54) is 5.69 Å². The van der Waals surface area contributed by atoms with Crippen molar-refractivity contribution in [3.8, 4) is 0 Å². The maximum atomic E-state index is 4.15. The summed E-state index contributed by atoms with van der Waals surface area (Å²) in [5.41, 5.74) is 2.25. The second-order valence-corrected chi connectivity index (χ2v) is 4.06. The van der Waals surface area contributed by atoms with Crippen LogP contribution >= 0.6 is 15.9 Å². The summed E-state index contributed by atoms with van der Waals surface area (Å²) < 4.78 is 2.94. The monoisotopic (exact) mass is 265 g/mol. The van der Waals surface area contributed by atoms with Crippen LogP contribution in [0.15, 0.2) is 41.3 Å². The Hall–Kier alpha value is -1.29. The lowest BCUT2D eigenvalue weighted by Gasteiger charge is -2.08. The van der Waals surface area contributed by atoms with Crippen LogP contribution in [0.5, 0.6) is 0 Å². The number of nitrogens with zero attached hydrogens (tertiary/aromatic N) is 2. The predicted octanol–water partition coefficient (Wildman–Crippen LogP) is 2.79. The molecule has 0 aliphatic heterocycles. The third-order valence-corrected chi connectivity index (χ3v) is 2.90. The SMILES string of the molecule is Cn1cccc1CNc1cccnc1Br. The molecular weight excluding hydrogens is 254 g/mol. The van der Waals surface area contributed by atoms with Gasteiger partial charge in [-0.2, -0.15) is 0 Å². The Balaban J connectivity index is 2.06. The fraction of sp³-hybridized carbons (Fsp3) is 0.182. The maximum Gasteiger partial charge on any atom is 0.129 e. The quantitative estimate of drug-likeness (QED) is 0.866. The number of anilines is 1. The molecule has 0 atom stereocenters.